The lowest BCUT2D eigenvalue weighted by Crippen LogP contribution is -2.22. The van der Waals surface area contributed by atoms with Crippen molar-refractivity contribution in [3.63, 3.8) is 0 Å². The fourth-order valence-electron chi connectivity index (χ4n) is 3.03. The van der Waals surface area contributed by atoms with Gasteiger partial charge in [-0.1, -0.05) is 61.2 Å². The lowest BCUT2D eigenvalue weighted by atomic mass is 10.2. The van der Waals surface area contributed by atoms with Gasteiger partial charge in [-0.3, -0.25) is 9.79 Å². The summed E-state index contributed by atoms with van der Waals surface area (Å²) in [6.45, 7) is 5.89. The Balaban J connectivity index is 2.48. The van der Waals surface area contributed by atoms with Crippen molar-refractivity contribution in [2.45, 2.75) is 58.8 Å². The fourth-order valence-corrected chi connectivity index (χ4v) is 3.98. The average molecular weight is 531 g/mol. The van der Waals surface area contributed by atoms with Crippen LogP contribution in [0.1, 0.15) is 58.8 Å². The molecule has 0 saturated carbocycles. The van der Waals surface area contributed by atoms with E-state index in [-0.39, 0.29) is 5.91 Å². The number of nitrogens with one attached hydrogen (secondary N) is 2. The van der Waals surface area contributed by atoms with Crippen molar-refractivity contribution < 1.29 is 13.6 Å². The summed E-state index contributed by atoms with van der Waals surface area (Å²) < 4.78 is 25.2. The van der Waals surface area contributed by atoms with E-state index in [0.717, 1.165) is 48.9 Å². The van der Waals surface area contributed by atoms with E-state index in [1.165, 1.54) is 29.2 Å². The van der Waals surface area contributed by atoms with Gasteiger partial charge in [0.25, 0.3) is 0 Å². The van der Waals surface area contributed by atoms with Gasteiger partial charge in [0.1, 0.15) is 10.9 Å². The molecule has 1 heterocycles. The second kappa shape index (κ2) is 22.2. The molecule has 5 nitrogen and oxygen atoms in total. The number of nitrogens with zero attached hydrogens (tertiary/aromatic N) is 2. The molecule has 2 N–H and O–H groups in total. The molecule has 37 heavy (non-hydrogen) atoms. The van der Waals surface area contributed by atoms with Crippen molar-refractivity contribution in [1.82, 2.24) is 10.7 Å². The Bertz CT molecular complexity index is 944. The van der Waals surface area contributed by atoms with Crippen LogP contribution in [-0.4, -0.2) is 36.3 Å². The van der Waals surface area contributed by atoms with Crippen molar-refractivity contribution in [2.75, 3.05) is 19.6 Å². The second-order valence-electron chi connectivity index (χ2n) is 8.00. The summed E-state index contributed by atoms with van der Waals surface area (Å²) in [5.74, 6) is -0.579. The van der Waals surface area contributed by atoms with Crippen molar-refractivity contribution in [3.8, 4) is 0 Å². The normalized spacial score (nSPS) is 16.4. The number of hydrazone groups is 1. The lowest BCUT2D eigenvalue weighted by molar-refractivity contribution is -0.116. The Hall–Kier alpha value is -3.00. The van der Waals surface area contributed by atoms with E-state index in [4.69, 9.17) is 0 Å². The Morgan fingerprint density at radius 1 is 1.11 bits per heavy atom. The van der Waals surface area contributed by atoms with Gasteiger partial charge in [-0.25, -0.2) is 8.78 Å². The SMILES string of the molecule is C/C=C\CN/N=C(\C/C=C/C(=O)NCCCC/C=C(F)/C=C\C=C\F)C1=NC/C(=C\CC/C=C\CC)S1. The molecule has 0 spiro atoms. The maximum Gasteiger partial charge on any atom is 0.243 e. The maximum atomic E-state index is 13.4. The number of carbonyl (C=O) groups excluding carboxylic acids is 1. The van der Waals surface area contributed by atoms with E-state index < -0.39 is 5.83 Å². The van der Waals surface area contributed by atoms with Crippen molar-refractivity contribution in [3.05, 3.63) is 83.9 Å². The van der Waals surface area contributed by atoms with E-state index in [1.54, 1.807) is 17.8 Å². The largest absolute Gasteiger partial charge is 0.353 e. The topological polar surface area (TPSA) is 65.8 Å². The van der Waals surface area contributed by atoms with Gasteiger partial charge in [-0.05, 0) is 69.8 Å². The molecular formula is C29H40F2N4OS. The first-order valence-corrected chi connectivity index (χ1v) is 13.6. The molecule has 0 aromatic carbocycles. The Kier molecular flexibility index (Phi) is 19.2. The zero-order valence-electron chi connectivity index (χ0n) is 22.0. The standard InChI is InChI=1S/C29H40F2N4OS/c1-3-5-7-8-11-18-26-24-33-29(37-26)27(35-34-23-6-4-2)19-15-20-28(36)32-22-14-9-10-16-25(31)17-12-13-21-30/h4-7,12-13,15-18,20-21,34H,3,8-11,14,19,22-24H2,1-2H3,(H,32,36)/b6-4-,7-5-,17-12-,20-15+,21-13+,25-16-,26-18+,35-27+. The van der Waals surface area contributed by atoms with Crippen LogP contribution in [0.3, 0.4) is 0 Å². The average Bonchev–Trinajstić information content (AvgIpc) is 3.36. The number of thioether (sulfide) groups is 1. The smallest absolute Gasteiger partial charge is 0.243 e. The third kappa shape index (κ3) is 17.2. The molecular weight excluding hydrogens is 490 g/mol. The van der Waals surface area contributed by atoms with E-state index in [2.05, 4.69) is 46.0 Å². The molecule has 8 heteroatoms. The molecule has 1 aliphatic heterocycles. The van der Waals surface area contributed by atoms with Gasteiger partial charge in [0, 0.05) is 17.9 Å². The van der Waals surface area contributed by atoms with Crippen molar-refractivity contribution >= 4 is 28.4 Å². The first kappa shape index (κ1) is 32.0. The van der Waals surface area contributed by atoms with Gasteiger partial charge in [-0.15, -0.1) is 0 Å². The number of allylic oxidation sites excluding steroid dienone is 10. The third-order valence-electron chi connectivity index (χ3n) is 4.91. The molecule has 0 saturated heterocycles. The molecule has 0 aliphatic carbocycles. The highest BCUT2D eigenvalue weighted by Crippen LogP contribution is 2.27. The quantitative estimate of drug-likeness (QED) is 0.0484. The highest BCUT2D eigenvalue weighted by molar-refractivity contribution is 8.19. The van der Waals surface area contributed by atoms with Crippen LogP contribution in [0.15, 0.2) is 94.0 Å². The monoisotopic (exact) mass is 530 g/mol. The number of aliphatic imine (C=N–C) groups is 1. The summed E-state index contributed by atoms with van der Waals surface area (Å²) in [5, 5.41) is 8.23. The van der Waals surface area contributed by atoms with E-state index >= 15 is 0 Å². The van der Waals surface area contributed by atoms with Crippen LogP contribution in [0.2, 0.25) is 0 Å². The van der Waals surface area contributed by atoms with Gasteiger partial charge >= 0.3 is 0 Å². The first-order valence-electron chi connectivity index (χ1n) is 12.8. The molecule has 1 amide bonds. The molecule has 1 rings (SSSR count). The third-order valence-corrected chi connectivity index (χ3v) is 6.02. The Labute approximate surface area is 225 Å². The minimum absolute atomic E-state index is 0.175. The Morgan fingerprint density at radius 3 is 2.76 bits per heavy atom. The van der Waals surface area contributed by atoms with Crippen LogP contribution in [0.4, 0.5) is 8.78 Å². The van der Waals surface area contributed by atoms with Crippen molar-refractivity contribution in [1.29, 1.82) is 0 Å². The predicted molar refractivity (Wildman–Crippen MR) is 156 cm³/mol. The predicted octanol–water partition coefficient (Wildman–Crippen LogP) is 7.41. The lowest BCUT2D eigenvalue weighted by Gasteiger charge is -2.05. The van der Waals surface area contributed by atoms with Crippen LogP contribution in [0.25, 0.3) is 0 Å². The van der Waals surface area contributed by atoms with Gasteiger partial charge < -0.3 is 10.7 Å². The van der Waals surface area contributed by atoms with E-state index in [0.29, 0.717) is 38.8 Å². The summed E-state index contributed by atoms with van der Waals surface area (Å²) in [6.07, 6.45) is 24.9. The number of hydrogen-bond donors (Lipinski definition) is 2. The summed E-state index contributed by atoms with van der Waals surface area (Å²) in [7, 11) is 0. The first-order chi connectivity index (χ1) is 18.1. The summed E-state index contributed by atoms with van der Waals surface area (Å²) >= 11 is 1.64. The number of amides is 1. The summed E-state index contributed by atoms with van der Waals surface area (Å²) in [4.78, 5) is 18.0. The van der Waals surface area contributed by atoms with Gasteiger partial charge in [-0.2, -0.15) is 5.10 Å². The van der Waals surface area contributed by atoms with Crippen LogP contribution >= 0.6 is 11.8 Å². The summed E-state index contributed by atoms with van der Waals surface area (Å²) in [5.41, 5.74) is 3.85. The zero-order valence-corrected chi connectivity index (χ0v) is 22.8. The van der Waals surface area contributed by atoms with Gasteiger partial charge in [0.15, 0.2) is 0 Å². The second-order valence-corrected chi connectivity index (χ2v) is 9.12. The number of halogens is 2. The Morgan fingerprint density at radius 2 is 1.97 bits per heavy atom. The molecule has 0 bridgehead atoms. The molecule has 0 radical (unpaired) electrons. The molecule has 0 atom stereocenters. The van der Waals surface area contributed by atoms with Crippen LogP contribution in [0, 0.1) is 0 Å². The van der Waals surface area contributed by atoms with Gasteiger partial charge in [0.05, 0.1) is 25.1 Å². The van der Waals surface area contributed by atoms with Crippen molar-refractivity contribution in [2.24, 2.45) is 10.1 Å². The fraction of sp³-hybridized carbons (Fsp3) is 0.414. The van der Waals surface area contributed by atoms with Crippen LogP contribution in [0.5, 0.6) is 0 Å². The minimum Gasteiger partial charge on any atom is -0.353 e. The highest BCUT2D eigenvalue weighted by atomic mass is 32.2. The molecule has 0 unspecified atom stereocenters. The molecule has 0 aromatic heterocycles. The number of unbranched alkanes of at least 4 members (excludes halogenated alkanes) is 3. The minimum atomic E-state index is -0.403. The summed E-state index contributed by atoms with van der Waals surface area (Å²) in [6, 6.07) is 0. The highest BCUT2D eigenvalue weighted by Gasteiger charge is 2.17. The van der Waals surface area contributed by atoms with Crippen LogP contribution < -0.4 is 10.7 Å². The number of rotatable bonds is 18. The molecule has 0 aromatic rings. The van der Waals surface area contributed by atoms with E-state index in [9.17, 15) is 13.6 Å². The molecule has 1 aliphatic rings. The number of hydrogen-bond acceptors (Lipinski definition) is 5. The van der Waals surface area contributed by atoms with E-state index in [1.807, 2.05) is 19.1 Å². The van der Waals surface area contributed by atoms with Crippen LogP contribution in [-0.2, 0) is 4.79 Å². The van der Waals surface area contributed by atoms with Gasteiger partial charge in [0.2, 0.25) is 5.91 Å². The maximum absolute atomic E-state index is 13.4. The zero-order chi connectivity index (χ0) is 27.0. The molecule has 0 fully saturated rings. The molecule has 202 valence electrons. The number of carbonyl (C=O) groups is 1.